The molecule has 156 valence electrons. The number of nitrogens with zero attached hydrogens (tertiary/aromatic N) is 1. The van der Waals surface area contributed by atoms with Crippen molar-refractivity contribution in [2.75, 3.05) is 27.8 Å². The van der Waals surface area contributed by atoms with Crippen LogP contribution in [0.4, 0.5) is 26.2 Å². The number of benzene rings is 3. The maximum absolute atomic E-state index is 13.4. The first-order valence-electron chi connectivity index (χ1n) is 10.1. The van der Waals surface area contributed by atoms with Crippen molar-refractivity contribution in [1.82, 2.24) is 4.98 Å². The molecule has 3 N–H and O–H groups in total. The van der Waals surface area contributed by atoms with Gasteiger partial charge in [0.05, 0.1) is 16.9 Å². The number of aromatic nitrogens is 1. The fourth-order valence-corrected chi connectivity index (χ4v) is 4.84. The van der Waals surface area contributed by atoms with Gasteiger partial charge in [-0.2, -0.15) is 0 Å². The Hall–Kier alpha value is -3.45. The molecule has 1 aromatic heterocycles. The van der Waals surface area contributed by atoms with E-state index in [1.807, 2.05) is 30.0 Å². The van der Waals surface area contributed by atoms with Gasteiger partial charge < -0.3 is 20.5 Å². The predicted octanol–water partition coefficient (Wildman–Crippen LogP) is 6.06. The van der Waals surface area contributed by atoms with Crippen LogP contribution >= 0.6 is 11.8 Å². The number of hydrogen-bond donors (Lipinski definition) is 3. The van der Waals surface area contributed by atoms with E-state index >= 15 is 0 Å². The van der Waals surface area contributed by atoms with Crippen LogP contribution in [0, 0.1) is 5.82 Å². The van der Waals surface area contributed by atoms with Crippen LogP contribution < -0.4 is 15.5 Å². The lowest BCUT2D eigenvalue weighted by atomic mass is 10.2. The van der Waals surface area contributed by atoms with Gasteiger partial charge in [-0.3, -0.25) is 0 Å². The van der Waals surface area contributed by atoms with Crippen molar-refractivity contribution in [2.45, 2.75) is 11.4 Å². The second-order valence-electron chi connectivity index (χ2n) is 7.41. The molecule has 0 saturated carbocycles. The van der Waals surface area contributed by atoms with Crippen LogP contribution in [0.25, 0.3) is 10.9 Å². The third-order valence-electron chi connectivity index (χ3n) is 5.28. The molecule has 2 heterocycles. The average Bonchev–Trinajstić information content (AvgIpc) is 3.16. The summed E-state index contributed by atoms with van der Waals surface area (Å²) in [6.07, 6.45) is 1.66. The number of thioether (sulfide) groups is 1. The Labute approximate surface area is 183 Å². The number of carbonyl (C=O) groups excluding carboxylic acids is 1. The first-order valence-corrected chi connectivity index (χ1v) is 11.0. The van der Waals surface area contributed by atoms with Gasteiger partial charge in [-0.25, -0.2) is 9.18 Å². The summed E-state index contributed by atoms with van der Waals surface area (Å²) < 4.78 is 13.4. The van der Waals surface area contributed by atoms with E-state index in [1.165, 1.54) is 22.6 Å². The van der Waals surface area contributed by atoms with Crippen LogP contribution in [0.5, 0.6) is 0 Å². The Bertz CT molecular complexity index is 1240. The van der Waals surface area contributed by atoms with E-state index in [2.05, 4.69) is 50.8 Å². The van der Waals surface area contributed by atoms with E-state index in [1.54, 1.807) is 12.3 Å². The fraction of sp³-hybridized carbons (Fsp3) is 0.125. The van der Waals surface area contributed by atoms with E-state index in [0.29, 0.717) is 11.2 Å². The number of hydrogen-bond acceptors (Lipinski definition) is 3. The molecule has 5 nitrogen and oxygen atoms in total. The number of H-pyrrole nitrogens is 1. The van der Waals surface area contributed by atoms with Gasteiger partial charge in [0.2, 0.25) is 0 Å². The topological polar surface area (TPSA) is 60.2 Å². The minimum absolute atomic E-state index is 0.322. The molecule has 1 aliphatic rings. The molecule has 0 saturated heterocycles. The Morgan fingerprint density at radius 2 is 1.94 bits per heavy atom. The quantitative estimate of drug-likeness (QED) is 0.367. The summed E-state index contributed by atoms with van der Waals surface area (Å²) in [6, 6.07) is 20.5. The molecule has 0 spiro atoms. The first kappa shape index (κ1) is 19.5. The zero-order valence-electron chi connectivity index (χ0n) is 16.7. The van der Waals surface area contributed by atoms with Gasteiger partial charge in [0.25, 0.3) is 0 Å². The van der Waals surface area contributed by atoms with Crippen molar-refractivity contribution in [1.29, 1.82) is 0 Å². The lowest BCUT2D eigenvalue weighted by Gasteiger charge is -2.31. The van der Waals surface area contributed by atoms with Crippen molar-refractivity contribution in [3.8, 4) is 0 Å². The van der Waals surface area contributed by atoms with Crippen molar-refractivity contribution in [3.63, 3.8) is 0 Å². The molecule has 1 aliphatic heterocycles. The average molecular weight is 433 g/mol. The summed E-state index contributed by atoms with van der Waals surface area (Å²) in [5.41, 5.74) is 4.35. The number of amides is 2. The Kier molecular flexibility index (Phi) is 5.26. The lowest BCUT2D eigenvalue weighted by molar-refractivity contribution is 0.262. The van der Waals surface area contributed by atoms with Gasteiger partial charge in [-0.15, -0.1) is 11.8 Å². The number of anilines is 3. The molecule has 7 heteroatoms. The highest BCUT2D eigenvalue weighted by atomic mass is 32.2. The van der Waals surface area contributed by atoms with E-state index in [9.17, 15) is 9.18 Å². The predicted molar refractivity (Wildman–Crippen MR) is 126 cm³/mol. The van der Waals surface area contributed by atoms with Crippen LogP contribution in [0.15, 0.2) is 77.8 Å². The smallest absolute Gasteiger partial charge is 0.323 e. The maximum atomic E-state index is 13.4. The maximum Gasteiger partial charge on any atom is 0.323 e. The molecule has 0 fully saturated rings. The van der Waals surface area contributed by atoms with Crippen LogP contribution in [0.2, 0.25) is 0 Å². The highest BCUT2D eigenvalue weighted by molar-refractivity contribution is 7.99. The van der Waals surface area contributed by atoms with Crippen LogP contribution in [-0.4, -0.2) is 23.3 Å². The SMILES string of the molecule is O=C(Nc1ccc2c(c1)N(Cc1ccccc1)CCS2)Nc1c[nH]c2cc(F)ccc12. The molecule has 0 bridgehead atoms. The van der Waals surface area contributed by atoms with Crippen LogP contribution in [-0.2, 0) is 6.54 Å². The van der Waals surface area contributed by atoms with Crippen LogP contribution in [0.1, 0.15) is 5.56 Å². The monoisotopic (exact) mass is 432 g/mol. The molecule has 3 aromatic carbocycles. The fourth-order valence-electron chi connectivity index (χ4n) is 3.81. The highest BCUT2D eigenvalue weighted by Crippen LogP contribution is 2.37. The summed E-state index contributed by atoms with van der Waals surface area (Å²) >= 11 is 1.83. The van der Waals surface area contributed by atoms with Gasteiger partial charge in [-0.05, 0) is 42.0 Å². The second-order valence-corrected chi connectivity index (χ2v) is 8.55. The van der Waals surface area contributed by atoms with Gasteiger partial charge in [0.15, 0.2) is 0 Å². The lowest BCUT2D eigenvalue weighted by Crippen LogP contribution is -2.29. The summed E-state index contributed by atoms with van der Waals surface area (Å²) in [6.45, 7) is 1.78. The molecular weight excluding hydrogens is 411 g/mol. The van der Waals surface area contributed by atoms with Crippen molar-refractivity contribution < 1.29 is 9.18 Å². The molecule has 0 unspecified atom stereocenters. The minimum Gasteiger partial charge on any atom is -0.365 e. The summed E-state index contributed by atoms with van der Waals surface area (Å²) in [5.74, 6) is 0.714. The number of rotatable bonds is 4. The zero-order valence-corrected chi connectivity index (χ0v) is 17.5. The van der Waals surface area contributed by atoms with E-state index in [0.717, 1.165) is 35.6 Å². The van der Waals surface area contributed by atoms with Gasteiger partial charge in [0, 0.05) is 41.0 Å². The Balaban J connectivity index is 1.32. The first-order chi connectivity index (χ1) is 15.2. The number of urea groups is 1. The normalized spacial score (nSPS) is 13.1. The summed E-state index contributed by atoms with van der Waals surface area (Å²) in [7, 11) is 0. The molecule has 0 atom stereocenters. The molecule has 0 radical (unpaired) electrons. The van der Waals surface area contributed by atoms with Gasteiger partial charge in [-0.1, -0.05) is 30.3 Å². The van der Waals surface area contributed by atoms with Gasteiger partial charge in [0.1, 0.15) is 5.82 Å². The Morgan fingerprint density at radius 3 is 2.81 bits per heavy atom. The number of nitrogens with one attached hydrogen (secondary N) is 3. The minimum atomic E-state index is -0.344. The highest BCUT2D eigenvalue weighted by Gasteiger charge is 2.19. The van der Waals surface area contributed by atoms with E-state index in [4.69, 9.17) is 0 Å². The third-order valence-corrected chi connectivity index (χ3v) is 6.33. The van der Waals surface area contributed by atoms with Crippen molar-refractivity contribution in [3.05, 3.63) is 84.3 Å². The summed E-state index contributed by atoms with van der Waals surface area (Å²) in [5, 5.41) is 6.52. The molecule has 5 rings (SSSR count). The molecule has 31 heavy (non-hydrogen) atoms. The third kappa shape index (κ3) is 4.22. The zero-order chi connectivity index (χ0) is 21.2. The van der Waals surface area contributed by atoms with Crippen molar-refractivity contribution >= 4 is 45.8 Å². The van der Waals surface area contributed by atoms with Crippen molar-refractivity contribution in [2.24, 2.45) is 0 Å². The Morgan fingerprint density at radius 1 is 1.06 bits per heavy atom. The van der Waals surface area contributed by atoms with E-state index < -0.39 is 0 Å². The van der Waals surface area contributed by atoms with Crippen LogP contribution in [0.3, 0.4) is 0 Å². The number of fused-ring (bicyclic) bond motifs is 2. The number of carbonyl (C=O) groups is 1. The second kappa shape index (κ2) is 8.35. The molecule has 4 aromatic rings. The molecule has 2 amide bonds. The van der Waals surface area contributed by atoms with E-state index in [-0.39, 0.29) is 11.8 Å². The molecule has 0 aliphatic carbocycles. The standard InChI is InChI=1S/C24H21FN4OS/c25-17-6-8-19-20(12-17)26-14-21(19)28-24(30)27-18-7-9-23-22(13-18)29(10-11-31-23)15-16-4-2-1-3-5-16/h1-9,12-14,26H,10-11,15H2,(H2,27,28,30). The van der Waals surface area contributed by atoms with Gasteiger partial charge >= 0.3 is 6.03 Å². The number of halogens is 1. The molecular formula is C24H21FN4OS. The largest absolute Gasteiger partial charge is 0.365 e. The number of aromatic amines is 1. The summed E-state index contributed by atoms with van der Waals surface area (Å²) in [4.78, 5) is 19.1.